The molecule has 0 aliphatic heterocycles. The van der Waals surface area contributed by atoms with Gasteiger partial charge in [-0.15, -0.1) is 0 Å². The zero-order chi connectivity index (χ0) is 23.7. The minimum absolute atomic E-state index is 0.273. The second-order valence-electron chi connectivity index (χ2n) is 10.3. The fourth-order valence-electron chi connectivity index (χ4n) is 5.99. The van der Waals surface area contributed by atoms with Gasteiger partial charge < -0.3 is 19.7 Å². The largest absolute Gasteiger partial charge is 0.494 e. The minimum Gasteiger partial charge on any atom is -0.494 e. The van der Waals surface area contributed by atoms with Crippen molar-refractivity contribution in [3.8, 4) is 5.75 Å². The average molecular weight is 460 g/mol. The molecule has 2 bridgehead atoms. The monoisotopic (exact) mass is 459 g/mol. The smallest absolute Gasteiger partial charge is 0.144 e. The van der Waals surface area contributed by atoms with Crippen LogP contribution in [0.4, 0.5) is 0 Å². The van der Waals surface area contributed by atoms with Gasteiger partial charge in [0.25, 0.3) is 0 Å². The number of rotatable bonds is 9. The molecule has 1 fully saturated rings. The maximum atomic E-state index is 11.5. The highest BCUT2D eigenvalue weighted by Gasteiger charge is 2.46. The predicted octanol–water partition coefficient (Wildman–Crippen LogP) is 5.38. The number of fused-ring (bicyclic) bond motifs is 3. The Kier molecular flexibility index (Phi) is 6.50. The highest BCUT2D eigenvalue weighted by Crippen LogP contribution is 2.51. The van der Waals surface area contributed by atoms with E-state index in [2.05, 4.69) is 66.3 Å². The van der Waals surface area contributed by atoms with Crippen LogP contribution in [0, 0.1) is 18.8 Å². The predicted molar refractivity (Wildman–Crippen MR) is 138 cm³/mol. The van der Waals surface area contributed by atoms with E-state index in [1.54, 1.807) is 7.11 Å². The summed E-state index contributed by atoms with van der Waals surface area (Å²) in [6.07, 6.45) is 8.35. The van der Waals surface area contributed by atoms with Crippen LogP contribution in [-0.2, 0) is 6.42 Å². The Balaban J connectivity index is 1.14. The number of aromatic amines is 1. The molecular formula is C29H37N3O2. The molecule has 0 amide bonds. The van der Waals surface area contributed by atoms with Gasteiger partial charge in [0.15, 0.2) is 0 Å². The number of H-pyrrole nitrogens is 1. The van der Waals surface area contributed by atoms with Crippen LogP contribution in [0.5, 0.6) is 5.75 Å². The zero-order valence-electron chi connectivity index (χ0n) is 20.7. The van der Waals surface area contributed by atoms with E-state index in [4.69, 9.17) is 9.72 Å². The van der Waals surface area contributed by atoms with Crippen LogP contribution in [0.2, 0.25) is 0 Å². The van der Waals surface area contributed by atoms with Crippen molar-refractivity contribution in [2.45, 2.75) is 51.0 Å². The molecule has 5 nitrogen and oxygen atoms in total. The molecule has 0 saturated heterocycles. The van der Waals surface area contributed by atoms with Crippen molar-refractivity contribution in [2.75, 3.05) is 27.2 Å². The molecule has 180 valence electrons. The molecule has 1 saturated carbocycles. The van der Waals surface area contributed by atoms with Gasteiger partial charge in [-0.2, -0.15) is 0 Å². The van der Waals surface area contributed by atoms with Gasteiger partial charge in [0.2, 0.25) is 0 Å². The number of aryl methyl sites for hydroxylation is 2. The lowest BCUT2D eigenvalue weighted by atomic mass is 9.61. The summed E-state index contributed by atoms with van der Waals surface area (Å²) in [5.74, 6) is 2.61. The van der Waals surface area contributed by atoms with E-state index in [-0.39, 0.29) is 5.92 Å². The number of hydrogen-bond acceptors (Lipinski definition) is 4. The number of nitrogens with one attached hydrogen (secondary N) is 1. The first-order valence-corrected chi connectivity index (χ1v) is 12.7. The Labute approximate surface area is 202 Å². The second-order valence-corrected chi connectivity index (χ2v) is 10.3. The lowest BCUT2D eigenvalue weighted by molar-refractivity contribution is -0.0574. The quantitative estimate of drug-likeness (QED) is 0.451. The van der Waals surface area contributed by atoms with E-state index in [1.807, 2.05) is 6.07 Å². The average Bonchev–Trinajstić information content (AvgIpc) is 3.29. The fourth-order valence-corrected chi connectivity index (χ4v) is 5.99. The first kappa shape index (κ1) is 23.1. The van der Waals surface area contributed by atoms with Crippen molar-refractivity contribution >= 4 is 16.6 Å². The summed E-state index contributed by atoms with van der Waals surface area (Å²) in [6, 6.07) is 14.8. The summed E-state index contributed by atoms with van der Waals surface area (Å²) in [4.78, 5) is 10.6. The Bertz CT molecular complexity index is 1170. The standard InChI is InChI=1S/C29H37N3O2/c1-20-11-14-25(34-3)28-27(20)30-26(31-28)10-7-16-32(2)17-15-29(33)19-22-12-13-23(29)18-24(22)21-8-5-4-6-9-21/h4-6,8-9,11,14,18,22-23,33H,7,10,12-13,15-17,19H2,1-3H3,(H,30,31). The molecule has 1 heterocycles. The fraction of sp³-hybridized carbons (Fsp3) is 0.483. The van der Waals surface area contributed by atoms with Gasteiger partial charge in [0.05, 0.1) is 18.2 Å². The van der Waals surface area contributed by atoms with Gasteiger partial charge in [-0.25, -0.2) is 4.98 Å². The van der Waals surface area contributed by atoms with Crippen molar-refractivity contribution in [3.05, 3.63) is 65.5 Å². The Hall–Kier alpha value is -2.63. The van der Waals surface area contributed by atoms with E-state index < -0.39 is 5.60 Å². The van der Waals surface area contributed by atoms with Crippen molar-refractivity contribution in [1.82, 2.24) is 14.9 Å². The SMILES string of the molecule is COc1ccc(C)c2nc(CCCN(C)CCC3(O)CC4CCC3C=C4c3ccccc3)[nH]c12. The molecule has 2 aromatic carbocycles. The van der Waals surface area contributed by atoms with Crippen LogP contribution in [0.25, 0.3) is 16.6 Å². The third-order valence-corrected chi connectivity index (χ3v) is 8.00. The summed E-state index contributed by atoms with van der Waals surface area (Å²) >= 11 is 0. The summed E-state index contributed by atoms with van der Waals surface area (Å²) in [5, 5.41) is 11.5. The van der Waals surface area contributed by atoms with Gasteiger partial charge in [0.1, 0.15) is 17.1 Å². The lowest BCUT2D eigenvalue weighted by Gasteiger charge is -2.48. The Morgan fingerprint density at radius 3 is 2.71 bits per heavy atom. The molecule has 3 aromatic rings. The van der Waals surface area contributed by atoms with E-state index >= 15 is 0 Å². The number of allylic oxidation sites excluding steroid dienone is 1. The van der Waals surface area contributed by atoms with Crippen molar-refractivity contribution in [2.24, 2.45) is 11.8 Å². The van der Waals surface area contributed by atoms with Crippen molar-refractivity contribution in [1.29, 1.82) is 0 Å². The number of aromatic nitrogens is 2. The molecular weight excluding hydrogens is 422 g/mol. The normalized spacial score (nSPS) is 24.1. The number of nitrogens with zero attached hydrogens (tertiary/aromatic N) is 2. The number of ether oxygens (including phenoxy) is 1. The van der Waals surface area contributed by atoms with Crippen LogP contribution < -0.4 is 4.74 Å². The zero-order valence-corrected chi connectivity index (χ0v) is 20.7. The molecule has 0 radical (unpaired) electrons. The third-order valence-electron chi connectivity index (χ3n) is 8.00. The highest BCUT2D eigenvalue weighted by atomic mass is 16.5. The van der Waals surface area contributed by atoms with E-state index in [0.717, 1.165) is 73.4 Å². The number of hydrogen-bond donors (Lipinski definition) is 2. The van der Waals surface area contributed by atoms with Gasteiger partial charge in [-0.1, -0.05) is 42.5 Å². The molecule has 1 aromatic heterocycles. The first-order chi connectivity index (χ1) is 16.5. The van der Waals surface area contributed by atoms with Crippen LogP contribution in [0.15, 0.2) is 48.5 Å². The van der Waals surface area contributed by atoms with Gasteiger partial charge in [-0.3, -0.25) is 0 Å². The summed E-state index contributed by atoms with van der Waals surface area (Å²) in [7, 11) is 3.87. The van der Waals surface area contributed by atoms with Gasteiger partial charge in [-0.05, 0) is 81.3 Å². The van der Waals surface area contributed by atoms with Crippen LogP contribution in [0.1, 0.15) is 49.1 Å². The van der Waals surface area contributed by atoms with E-state index in [1.165, 1.54) is 17.6 Å². The molecule has 3 unspecified atom stereocenters. The first-order valence-electron chi connectivity index (χ1n) is 12.7. The molecule has 5 heteroatoms. The number of imidazole rings is 1. The summed E-state index contributed by atoms with van der Waals surface area (Å²) in [5.41, 5.74) is 5.36. The Morgan fingerprint density at radius 2 is 1.97 bits per heavy atom. The molecule has 3 atom stereocenters. The number of benzene rings is 2. The van der Waals surface area contributed by atoms with E-state index in [9.17, 15) is 5.11 Å². The second kappa shape index (κ2) is 9.55. The Morgan fingerprint density at radius 1 is 1.15 bits per heavy atom. The molecule has 34 heavy (non-hydrogen) atoms. The highest BCUT2D eigenvalue weighted by molar-refractivity contribution is 5.84. The molecule has 0 spiro atoms. The van der Waals surface area contributed by atoms with Gasteiger partial charge >= 0.3 is 0 Å². The number of aliphatic hydroxyl groups is 1. The van der Waals surface area contributed by atoms with Crippen LogP contribution >= 0.6 is 0 Å². The minimum atomic E-state index is -0.567. The van der Waals surface area contributed by atoms with E-state index in [0.29, 0.717) is 5.92 Å². The molecule has 3 aliphatic rings. The van der Waals surface area contributed by atoms with Crippen molar-refractivity contribution in [3.63, 3.8) is 0 Å². The number of methoxy groups -OCH3 is 1. The van der Waals surface area contributed by atoms with Crippen LogP contribution in [0.3, 0.4) is 0 Å². The van der Waals surface area contributed by atoms with Gasteiger partial charge in [0, 0.05) is 18.9 Å². The van der Waals surface area contributed by atoms with Crippen molar-refractivity contribution < 1.29 is 9.84 Å². The molecule has 3 aliphatic carbocycles. The third kappa shape index (κ3) is 4.51. The molecule has 6 rings (SSSR count). The van der Waals surface area contributed by atoms with Crippen LogP contribution in [-0.4, -0.2) is 52.8 Å². The maximum Gasteiger partial charge on any atom is 0.144 e. The lowest BCUT2D eigenvalue weighted by Crippen LogP contribution is -2.48. The maximum absolute atomic E-state index is 11.5. The summed E-state index contributed by atoms with van der Waals surface area (Å²) < 4.78 is 5.48. The molecule has 2 N–H and O–H groups in total. The summed E-state index contributed by atoms with van der Waals surface area (Å²) in [6.45, 7) is 3.99. The topological polar surface area (TPSA) is 61.4 Å².